The molecule has 1 N–H and O–H groups in total. The minimum absolute atomic E-state index is 0.0244. The van der Waals surface area contributed by atoms with E-state index in [1.807, 2.05) is 0 Å². The van der Waals surface area contributed by atoms with Gasteiger partial charge in [-0.25, -0.2) is 9.37 Å². The first-order valence-electron chi connectivity index (χ1n) is 4.75. The molecule has 0 atom stereocenters. The van der Waals surface area contributed by atoms with E-state index >= 15 is 0 Å². The molecule has 0 bridgehead atoms. The second-order valence-corrected chi connectivity index (χ2v) is 5.77. The van der Waals surface area contributed by atoms with Crippen molar-refractivity contribution < 1.29 is 9.18 Å². The number of amides is 1. The Balaban J connectivity index is 2.23. The third kappa shape index (κ3) is 2.70. The van der Waals surface area contributed by atoms with Crippen LogP contribution < -0.4 is 5.32 Å². The summed E-state index contributed by atoms with van der Waals surface area (Å²) in [4.78, 5) is 15.7. The Morgan fingerprint density at radius 3 is 2.94 bits per heavy atom. The summed E-state index contributed by atoms with van der Waals surface area (Å²) in [6, 6.07) is 4.71. The van der Waals surface area contributed by atoms with Gasteiger partial charge in [0.2, 0.25) is 0 Å². The van der Waals surface area contributed by atoms with Crippen molar-refractivity contribution in [3.63, 3.8) is 0 Å². The van der Waals surface area contributed by atoms with E-state index in [0.717, 1.165) is 3.79 Å². The van der Waals surface area contributed by atoms with Crippen molar-refractivity contribution in [1.82, 2.24) is 4.98 Å². The minimum atomic E-state index is -0.499. The normalized spacial score (nSPS) is 10.3. The van der Waals surface area contributed by atoms with E-state index in [0.29, 0.717) is 10.7 Å². The summed E-state index contributed by atoms with van der Waals surface area (Å²) < 4.78 is 14.5. The maximum absolute atomic E-state index is 13.7. The van der Waals surface area contributed by atoms with Gasteiger partial charge in [0.25, 0.3) is 5.91 Å². The van der Waals surface area contributed by atoms with E-state index in [4.69, 9.17) is 0 Å². The van der Waals surface area contributed by atoms with Gasteiger partial charge in [0.1, 0.15) is 5.82 Å². The lowest BCUT2D eigenvalue weighted by Gasteiger charge is -2.04. The lowest BCUT2D eigenvalue weighted by molar-refractivity contribution is 0.102. The second-order valence-electron chi connectivity index (χ2n) is 3.36. The van der Waals surface area contributed by atoms with Gasteiger partial charge in [-0.2, -0.15) is 0 Å². The maximum Gasteiger partial charge on any atom is 0.260 e. The number of benzene rings is 1. The third-order valence-electron chi connectivity index (χ3n) is 2.13. The smallest absolute Gasteiger partial charge is 0.260 e. The van der Waals surface area contributed by atoms with Crippen LogP contribution in [0, 0.1) is 12.7 Å². The van der Waals surface area contributed by atoms with Gasteiger partial charge >= 0.3 is 0 Å². The van der Waals surface area contributed by atoms with Crippen LogP contribution in [0.2, 0.25) is 0 Å². The van der Waals surface area contributed by atoms with Gasteiger partial charge < -0.3 is 0 Å². The van der Waals surface area contributed by atoms with Crippen molar-refractivity contribution in [2.45, 2.75) is 6.92 Å². The quantitative estimate of drug-likeness (QED) is 0.920. The average molecular weight is 315 g/mol. The number of nitrogens with zero attached hydrogens (tertiary/aromatic N) is 1. The van der Waals surface area contributed by atoms with E-state index in [-0.39, 0.29) is 5.56 Å². The lowest BCUT2D eigenvalue weighted by atomic mass is 10.1. The molecule has 0 aliphatic heterocycles. The highest BCUT2D eigenvalue weighted by Gasteiger charge is 2.14. The number of hydrogen-bond donors (Lipinski definition) is 1. The van der Waals surface area contributed by atoms with Gasteiger partial charge in [-0.3, -0.25) is 10.1 Å². The minimum Gasteiger partial charge on any atom is -0.298 e. The molecule has 88 valence electrons. The maximum atomic E-state index is 13.7. The fourth-order valence-electron chi connectivity index (χ4n) is 1.30. The number of rotatable bonds is 2. The zero-order valence-corrected chi connectivity index (χ0v) is 11.2. The molecule has 1 aromatic heterocycles. The molecule has 0 saturated carbocycles. The molecule has 1 aromatic carbocycles. The van der Waals surface area contributed by atoms with Crippen molar-refractivity contribution in [2.75, 3.05) is 5.32 Å². The number of aryl methyl sites for hydroxylation is 1. The number of carbonyl (C=O) groups excluding carboxylic acids is 1. The molecule has 0 unspecified atom stereocenters. The van der Waals surface area contributed by atoms with Crippen LogP contribution in [0.1, 0.15) is 15.9 Å². The highest BCUT2D eigenvalue weighted by Crippen LogP contribution is 2.24. The highest BCUT2D eigenvalue weighted by atomic mass is 79.9. The van der Waals surface area contributed by atoms with Crippen LogP contribution in [-0.2, 0) is 0 Å². The van der Waals surface area contributed by atoms with E-state index in [2.05, 4.69) is 26.2 Å². The third-order valence-corrected chi connectivity index (χ3v) is 3.53. The average Bonchev–Trinajstić information content (AvgIpc) is 2.68. The first kappa shape index (κ1) is 12.2. The second kappa shape index (κ2) is 4.93. The fourth-order valence-corrected chi connectivity index (χ4v) is 2.40. The number of nitrogens with one attached hydrogen (secondary N) is 1. The van der Waals surface area contributed by atoms with Gasteiger partial charge in [0.05, 0.1) is 15.5 Å². The van der Waals surface area contributed by atoms with E-state index in [9.17, 15) is 9.18 Å². The Morgan fingerprint density at radius 1 is 1.53 bits per heavy atom. The lowest BCUT2D eigenvalue weighted by Crippen LogP contribution is -2.14. The summed E-state index contributed by atoms with van der Waals surface area (Å²) in [5.41, 5.74) is 0.467. The Hall–Kier alpha value is -1.27. The summed E-state index contributed by atoms with van der Waals surface area (Å²) in [5, 5.41) is 2.98. The first-order chi connectivity index (χ1) is 8.08. The molecule has 6 heteroatoms. The van der Waals surface area contributed by atoms with Crippen LogP contribution >= 0.6 is 27.3 Å². The molecule has 0 radical (unpaired) electrons. The molecule has 1 amide bonds. The monoisotopic (exact) mass is 314 g/mol. The molecule has 0 fully saturated rings. The number of aromatic nitrogens is 1. The van der Waals surface area contributed by atoms with Gasteiger partial charge in [-0.15, -0.1) is 0 Å². The van der Waals surface area contributed by atoms with Crippen LogP contribution in [0.5, 0.6) is 0 Å². The summed E-state index contributed by atoms with van der Waals surface area (Å²) in [5.74, 6) is -0.992. The van der Waals surface area contributed by atoms with Gasteiger partial charge in [0, 0.05) is 0 Å². The Morgan fingerprint density at radius 2 is 2.29 bits per heavy atom. The Kier molecular flexibility index (Phi) is 3.54. The SMILES string of the molecule is Cc1cccc(C(=O)Nc2ncc(Br)s2)c1F. The van der Waals surface area contributed by atoms with Crippen LogP contribution in [0.3, 0.4) is 0 Å². The molecule has 1 heterocycles. The van der Waals surface area contributed by atoms with Crippen LogP contribution in [0.15, 0.2) is 28.2 Å². The molecular weight excluding hydrogens is 307 g/mol. The molecule has 17 heavy (non-hydrogen) atoms. The predicted octanol–water partition coefficient (Wildman–Crippen LogP) is 3.61. The van der Waals surface area contributed by atoms with Crippen molar-refractivity contribution in [3.8, 4) is 0 Å². The largest absolute Gasteiger partial charge is 0.298 e. The van der Waals surface area contributed by atoms with Gasteiger partial charge in [0.15, 0.2) is 5.13 Å². The molecule has 0 saturated heterocycles. The van der Waals surface area contributed by atoms with E-state index in [1.165, 1.54) is 17.4 Å². The molecular formula is C11H8BrFN2OS. The fraction of sp³-hybridized carbons (Fsp3) is 0.0909. The summed E-state index contributed by atoms with van der Waals surface area (Å²) in [6.07, 6.45) is 1.58. The van der Waals surface area contributed by atoms with Gasteiger partial charge in [-0.05, 0) is 34.5 Å². The number of thiazole rings is 1. The summed E-state index contributed by atoms with van der Waals surface area (Å²) >= 11 is 4.51. The van der Waals surface area contributed by atoms with Crippen LogP contribution in [0.4, 0.5) is 9.52 Å². The van der Waals surface area contributed by atoms with Crippen LogP contribution in [0.25, 0.3) is 0 Å². The van der Waals surface area contributed by atoms with E-state index < -0.39 is 11.7 Å². The Labute approximate surface area is 110 Å². The molecule has 0 aliphatic rings. The first-order valence-corrected chi connectivity index (χ1v) is 6.36. The molecule has 2 rings (SSSR count). The van der Waals surface area contributed by atoms with E-state index in [1.54, 1.807) is 25.3 Å². The summed E-state index contributed by atoms with van der Waals surface area (Å²) in [7, 11) is 0. The van der Waals surface area contributed by atoms with Crippen LogP contribution in [-0.4, -0.2) is 10.9 Å². The van der Waals surface area contributed by atoms with Crippen molar-refractivity contribution in [1.29, 1.82) is 0 Å². The predicted molar refractivity (Wildman–Crippen MR) is 68.9 cm³/mol. The van der Waals surface area contributed by atoms with Gasteiger partial charge in [-0.1, -0.05) is 23.5 Å². The topological polar surface area (TPSA) is 42.0 Å². The number of carbonyl (C=O) groups is 1. The molecule has 2 aromatic rings. The molecule has 3 nitrogen and oxygen atoms in total. The number of anilines is 1. The number of hydrogen-bond acceptors (Lipinski definition) is 3. The number of halogens is 2. The molecule has 0 spiro atoms. The highest BCUT2D eigenvalue weighted by molar-refractivity contribution is 9.11. The zero-order chi connectivity index (χ0) is 12.4. The zero-order valence-electron chi connectivity index (χ0n) is 8.83. The Bertz CT molecular complexity index is 570. The van der Waals surface area contributed by atoms with Crippen molar-refractivity contribution >= 4 is 38.3 Å². The molecule has 0 aliphatic carbocycles. The standard InChI is InChI=1S/C11H8BrFN2OS/c1-6-3-2-4-7(9(6)13)10(16)15-11-14-5-8(12)17-11/h2-5H,1H3,(H,14,15,16). The summed E-state index contributed by atoms with van der Waals surface area (Å²) in [6.45, 7) is 1.62. The van der Waals surface area contributed by atoms with Crippen molar-refractivity contribution in [2.24, 2.45) is 0 Å². The van der Waals surface area contributed by atoms with Crippen molar-refractivity contribution in [3.05, 3.63) is 45.1 Å².